The molecule has 0 spiro atoms. The summed E-state index contributed by atoms with van der Waals surface area (Å²) in [6.45, 7) is 6.21. The van der Waals surface area contributed by atoms with E-state index in [2.05, 4.69) is 10.6 Å². The van der Waals surface area contributed by atoms with Gasteiger partial charge in [0.15, 0.2) is 0 Å². The first-order chi connectivity index (χ1) is 9.29. The lowest BCUT2D eigenvalue weighted by molar-refractivity contribution is -0.148. The van der Waals surface area contributed by atoms with Gasteiger partial charge in [-0.15, -0.1) is 0 Å². The molecule has 0 radical (unpaired) electrons. The monoisotopic (exact) mass is 285 g/mol. The first-order valence-electron chi connectivity index (χ1n) is 6.83. The number of carbonyl (C=O) groups excluding carboxylic acids is 2. The van der Waals surface area contributed by atoms with E-state index in [1.807, 2.05) is 13.8 Å². The van der Waals surface area contributed by atoms with Gasteiger partial charge in [0.05, 0.1) is 6.54 Å². The van der Waals surface area contributed by atoms with E-state index in [4.69, 9.17) is 0 Å². The Morgan fingerprint density at radius 2 is 1.95 bits per heavy atom. The van der Waals surface area contributed by atoms with Gasteiger partial charge in [-0.2, -0.15) is 0 Å². The van der Waals surface area contributed by atoms with Crippen LogP contribution in [0.4, 0.5) is 4.79 Å². The number of carboxylic acids is 1. The molecule has 7 heteroatoms. The van der Waals surface area contributed by atoms with Crippen LogP contribution in [0, 0.1) is 5.41 Å². The van der Waals surface area contributed by atoms with Crippen molar-refractivity contribution in [1.82, 2.24) is 15.5 Å². The Balaban J connectivity index is 2.69. The second-order valence-electron chi connectivity index (χ2n) is 5.64. The predicted molar refractivity (Wildman–Crippen MR) is 73.2 cm³/mol. The molecule has 1 unspecified atom stereocenters. The molecule has 1 rings (SSSR count). The molecule has 1 aliphatic heterocycles. The molecule has 0 bridgehead atoms. The molecule has 1 aliphatic rings. The Labute approximate surface area is 118 Å². The van der Waals surface area contributed by atoms with Crippen LogP contribution < -0.4 is 10.6 Å². The van der Waals surface area contributed by atoms with Crippen LogP contribution in [-0.4, -0.2) is 53.6 Å². The highest BCUT2D eigenvalue weighted by Crippen LogP contribution is 2.35. The molecular formula is C13H23N3O4. The number of carboxylic acid groups (broad SMARTS) is 1. The molecule has 0 saturated carbocycles. The summed E-state index contributed by atoms with van der Waals surface area (Å²) >= 11 is 0. The average molecular weight is 285 g/mol. The number of likely N-dealkylation sites (N-methyl/N-ethyl adjacent to an activating group) is 1. The third-order valence-corrected chi connectivity index (χ3v) is 3.54. The number of amides is 3. The van der Waals surface area contributed by atoms with Gasteiger partial charge in [-0.25, -0.2) is 9.59 Å². The number of hydrogen-bond donors (Lipinski definition) is 3. The molecule has 1 fully saturated rings. The third-order valence-electron chi connectivity index (χ3n) is 3.54. The van der Waals surface area contributed by atoms with E-state index in [9.17, 15) is 19.5 Å². The zero-order chi connectivity index (χ0) is 15.3. The minimum Gasteiger partial charge on any atom is -0.480 e. The highest BCUT2D eigenvalue weighted by molar-refractivity contribution is 5.87. The zero-order valence-electron chi connectivity index (χ0n) is 12.2. The average Bonchev–Trinajstić information content (AvgIpc) is 2.34. The topological polar surface area (TPSA) is 98.7 Å². The molecule has 7 nitrogen and oxygen atoms in total. The smallest absolute Gasteiger partial charge is 0.327 e. The van der Waals surface area contributed by atoms with Gasteiger partial charge in [-0.1, -0.05) is 13.8 Å². The van der Waals surface area contributed by atoms with Crippen molar-refractivity contribution in [1.29, 1.82) is 0 Å². The molecular weight excluding hydrogens is 262 g/mol. The molecule has 1 saturated heterocycles. The highest BCUT2D eigenvalue weighted by atomic mass is 16.4. The molecule has 20 heavy (non-hydrogen) atoms. The predicted octanol–water partition coefficient (Wildman–Crippen LogP) is 0.407. The summed E-state index contributed by atoms with van der Waals surface area (Å²) in [5.41, 5.74) is -0.479. The molecule has 0 aromatic heterocycles. The Hall–Kier alpha value is -1.79. The largest absolute Gasteiger partial charge is 0.480 e. The van der Waals surface area contributed by atoms with E-state index < -0.39 is 23.5 Å². The van der Waals surface area contributed by atoms with Crippen LogP contribution >= 0.6 is 0 Å². The Morgan fingerprint density at radius 3 is 2.50 bits per heavy atom. The van der Waals surface area contributed by atoms with Crippen molar-refractivity contribution in [3.8, 4) is 0 Å². The number of nitrogens with one attached hydrogen (secondary N) is 2. The van der Waals surface area contributed by atoms with Crippen LogP contribution in [0.5, 0.6) is 0 Å². The van der Waals surface area contributed by atoms with Gasteiger partial charge < -0.3 is 20.6 Å². The van der Waals surface area contributed by atoms with Crippen molar-refractivity contribution in [3.05, 3.63) is 0 Å². The van der Waals surface area contributed by atoms with Crippen molar-refractivity contribution in [2.45, 2.75) is 39.7 Å². The molecule has 3 N–H and O–H groups in total. The fraction of sp³-hybridized carbons (Fsp3) is 0.769. The van der Waals surface area contributed by atoms with Gasteiger partial charge in [0, 0.05) is 13.1 Å². The van der Waals surface area contributed by atoms with E-state index in [1.165, 1.54) is 4.90 Å². The Kier molecular flexibility index (Phi) is 5.35. The van der Waals surface area contributed by atoms with Crippen LogP contribution in [0.2, 0.25) is 0 Å². The fourth-order valence-electron chi connectivity index (χ4n) is 2.60. The normalized spacial score (nSPS) is 21.1. The number of aliphatic carboxylic acids is 1. The van der Waals surface area contributed by atoms with Crippen molar-refractivity contribution in [2.75, 3.05) is 19.6 Å². The van der Waals surface area contributed by atoms with Gasteiger partial charge in [0.25, 0.3) is 0 Å². The van der Waals surface area contributed by atoms with Crippen LogP contribution in [0.3, 0.4) is 0 Å². The maximum Gasteiger partial charge on any atom is 0.327 e. The highest BCUT2D eigenvalue weighted by Gasteiger charge is 2.44. The SMILES string of the molecule is CCNC(=O)CNC(=O)N1CCCC(C)(C)C1C(=O)O. The van der Waals surface area contributed by atoms with E-state index in [-0.39, 0.29) is 12.5 Å². The van der Waals surface area contributed by atoms with E-state index in [0.717, 1.165) is 12.8 Å². The van der Waals surface area contributed by atoms with Gasteiger partial charge >= 0.3 is 12.0 Å². The second-order valence-corrected chi connectivity index (χ2v) is 5.64. The van der Waals surface area contributed by atoms with Gasteiger partial charge in [0.1, 0.15) is 6.04 Å². The van der Waals surface area contributed by atoms with E-state index in [0.29, 0.717) is 13.1 Å². The first kappa shape index (κ1) is 16.3. The fourth-order valence-corrected chi connectivity index (χ4v) is 2.60. The van der Waals surface area contributed by atoms with Crippen LogP contribution in [0.15, 0.2) is 0 Å². The molecule has 0 aromatic carbocycles. The number of carbonyl (C=O) groups is 3. The number of hydrogen-bond acceptors (Lipinski definition) is 3. The van der Waals surface area contributed by atoms with Gasteiger partial charge in [-0.3, -0.25) is 4.79 Å². The van der Waals surface area contributed by atoms with E-state index >= 15 is 0 Å². The minimum atomic E-state index is -1.01. The number of nitrogens with zero attached hydrogens (tertiary/aromatic N) is 1. The third kappa shape index (κ3) is 3.85. The number of piperidine rings is 1. The van der Waals surface area contributed by atoms with E-state index in [1.54, 1.807) is 6.92 Å². The van der Waals surface area contributed by atoms with Crippen LogP contribution in [-0.2, 0) is 9.59 Å². The molecule has 1 heterocycles. The van der Waals surface area contributed by atoms with Crippen molar-refractivity contribution in [2.24, 2.45) is 5.41 Å². The maximum atomic E-state index is 12.1. The molecule has 0 aliphatic carbocycles. The standard InChI is InChI=1S/C13H23N3O4/c1-4-14-9(17)8-15-12(20)16-7-5-6-13(2,3)10(16)11(18)19/h10H,4-8H2,1-3H3,(H,14,17)(H,15,20)(H,18,19). The minimum absolute atomic E-state index is 0.143. The lowest BCUT2D eigenvalue weighted by atomic mass is 9.76. The summed E-state index contributed by atoms with van der Waals surface area (Å²) in [7, 11) is 0. The lowest BCUT2D eigenvalue weighted by Crippen LogP contribution is -2.59. The summed E-state index contributed by atoms with van der Waals surface area (Å²) in [4.78, 5) is 36.1. The summed E-state index contributed by atoms with van der Waals surface area (Å²) in [6.07, 6.45) is 1.51. The molecule has 114 valence electrons. The lowest BCUT2D eigenvalue weighted by Gasteiger charge is -2.43. The number of likely N-dealkylation sites (tertiary alicyclic amines) is 1. The summed E-state index contributed by atoms with van der Waals surface area (Å²) < 4.78 is 0. The summed E-state index contributed by atoms with van der Waals surface area (Å²) in [5, 5.41) is 14.4. The van der Waals surface area contributed by atoms with Crippen molar-refractivity contribution >= 4 is 17.9 Å². The second kappa shape index (κ2) is 6.58. The molecule has 1 atom stereocenters. The summed E-state index contributed by atoms with van der Waals surface area (Å²) in [6, 6.07) is -1.37. The van der Waals surface area contributed by atoms with Gasteiger partial charge in [0.2, 0.25) is 5.91 Å². The number of urea groups is 1. The molecule has 3 amide bonds. The Bertz CT molecular complexity index is 395. The molecule has 0 aromatic rings. The quantitative estimate of drug-likeness (QED) is 0.696. The van der Waals surface area contributed by atoms with Crippen LogP contribution in [0.1, 0.15) is 33.6 Å². The summed E-state index contributed by atoms with van der Waals surface area (Å²) in [5.74, 6) is -1.30. The number of rotatable bonds is 4. The van der Waals surface area contributed by atoms with Crippen molar-refractivity contribution in [3.63, 3.8) is 0 Å². The zero-order valence-corrected chi connectivity index (χ0v) is 12.2. The van der Waals surface area contributed by atoms with Crippen LogP contribution in [0.25, 0.3) is 0 Å². The Morgan fingerprint density at radius 1 is 1.30 bits per heavy atom. The van der Waals surface area contributed by atoms with Gasteiger partial charge in [-0.05, 0) is 25.2 Å². The maximum absolute atomic E-state index is 12.1. The van der Waals surface area contributed by atoms with Crippen molar-refractivity contribution < 1.29 is 19.5 Å². The first-order valence-corrected chi connectivity index (χ1v) is 6.83.